The van der Waals surface area contributed by atoms with Gasteiger partial charge in [0.2, 0.25) is 0 Å². The Bertz CT molecular complexity index is 834. The fraction of sp³-hybridized carbons (Fsp3) is 0.667. The van der Waals surface area contributed by atoms with E-state index in [-0.39, 0.29) is 37.4 Å². The molecular weight excluding hydrogens is 416 g/mol. The molecule has 0 saturated carbocycles. The molecule has 1 fully saturated rings. The van der Waals surface area contributed by atoms with Crippen molar-refractivity contribution in [2.45, 2.75) is 63.9 Å². The van der Waals surface area contributed by atoms with Crippen molar-refractivity contribution in [1.82, 2.24) is 4.90 Å². The van der Waals surface area contributed by atoms with Crippen molar-refractivity contribution in [3.63, 3.8) is 0 Å². The number of hydrogen-bond donors (Lipinski definition) is 0. The third-order valence-electron chi connectivity index (χ3n) is 5.03. The summed E-state index contributed by atoms with van der Waals surface area (Å²) >= 11 is 0. The number of halogens is 2. The van der Waals surface area contributed by atoms with Crippen molar-refractivity contribution in [3.8, 4) is 0 Å². The first kappa shape index (κ1) is 24.5. The van der Waals surface area contributed by atoms with Crippen LogP contribution in [0.4, 0.5) is 13.6 Å². The fourth-order valence-electron chi connectivity index (χ4n) is 3.35. The van der Waals surface area contributed by atoms with Gasteiger partial charge < -0.3 is 9.64 Å². The zero-order valence-corrected chi connectivity index (χ0v) is 19.0. The zero-order valence-electron chi connectivity index (χ0n) is 18.2. The Morgan fingerprint density at radius 2 is 1.80 bits per heavy atom. The molecule has 9 heteroatoms. The van der Waals surface area contributed by atoms with Crippen LogP contribution < -0.4 is 0 Å². The minimum absolute atomic E-state index is 0.0278. The highest BCUT2D eigenvalue weighted by atomic mass is 32.2. The first-order chi connectivity index (χ1) is 13.7. The first-order valence-corrected chi connectivity index (χ1v) is 11.4. The molecule has 0 radical (unpaired) electrons. The smallest absolute Gasteiger partial charge is 0.410 e. The van der Waals surface area contributed by atoms with Gasteiger partial charge in [0.15, 0.2) is 0 Å². The zero-order chi connectivity index (χ0) is 22.7. The maximum absolute atomic E-state index is 14.7. The van der Waals surface area contributed by atoms with Crippen LogP contribution in [0.2, 0.25) is 0 Å². The summed E-state index contributed by atoms with van der Waals surface area (Å²) in [4.78, 5) is 13.6. The lowest BCUT2D eigenvalue weighted by molar-refractivity contribution is -0.145. The van der Waals surface area contributed by atoms with Crippen molar-refractivity contribution in [2.75, 3.05) is 19.7 Å². The highest BCUT2D eigenvalue weighted by molar-refractivity contribution is 7.86. The molecule has 2 rings (SSSR count). The first-order valence-electron chi connectivity index (χ1n) is 10.0. The molecule has 30 heavy (non-hydrogen) atoms. The molecule has 1 aliphatic rings. The number of carbonyl (C=O) groups excluding carboxylic acids is 1. The second kappa shape index (κ2) is 9.18. The summed E-state index contributed by atoms with van der Waals surface area (Å²) in [5.41, 5.74) is 0.200. The second-order valence-electron chi connectivity index (χ2n) is 8.89. The molecule has 1 aromatic rings. The van der Waals surface area contributed by atoms with Crippen LogP contribution >= 0.6 is 0 Å². The Morgan fingerprint density at radius 3 is 2.37 bits per heavy atom. The molecule has 1 aliphatic heterocycles. The molecule has 0 unspecified atom stereocenters. The van der Waals surface area contributed by atoms with Crippen LogP contribution in [0.15, 0.2) is 29.2 Å². The minimum atomic E-state index is -3.94. The summed E-state index contributed by atoms with van der Waals surface area (Å²) in [6, 6.07) is 6.21. The van der Waals surface area contributed by atoms with E-state index in [0.29, 0.717) is 0 Å². The van der Waals surface area contributed by atoms with Crippen LogP contribution in [-0.4, -0.2) is 50.6 Å². The predicted octanol–water partition coefficient (Wildman–Crippen LogP) is 4.62. The number of rotatable bonds is 6. The third-order valence-corrected chi connectivity index (χ3v) is 6.36. The molecule has 0 N–H and O–H groups in total. The van der Waals surface area contributed by atoms with Crippen molar-refractivity contribution in [3.05, 3.63) is 29.8 Å². The van der Waals surface area contributed by atoms with Crippen LogP contribution in [0.25, 0.3) is 0 Å². The Morgan fingerprint density at radius 1 is 1.20 bits per heavy atom. The summed E-state index contributed by atoms with van der Waals surface area (Å²) in [7, 11) is -3.94. The maximum Gasteiger partial charge on any atom is 0.410 e. The van der Waals surface area contributed by atoms with Gasteiger partial charge in [-0.3, -0.25) is 4.18 Å². The number of alkyl halides is 2. The van der Waals surface area contributed by atoms with E-state index in [2.05, 4.69) is 0 Å². The van der Waals surface area contributed by atoms with Gasteiger partial charge in [0, 0.05) is 24.9 Å². The monoisotopic (exact) mass is 447 g/mol. The van der Waals surface area contributed by atoms with Gasteiger partial charge in [0.25, 0.3) is 16.0 Å². The van der Waals surface area contributed by atoms with Crippen LogP contribution in [-0.2, 0) is 19.0 Å². The molecule has 1 saturated heterocycles. The lowest BCUT2D eigenvalue weighted by atomic mass is 9.83. The summed E-state index contributed by atoms with van der Waals surface area (Å²) in [6.45, 7) is 7.96. The van der Waals surface area contributed by atoms with E-state index in [1.807, 2.05) is 6.92 Å². The van der Waals surface area contributed by atoms with Crippen LogP contribution in [0.5, 0.6) is 0 Å². The van der Waals surface area contributed by atoms with Gasteiger partial charge >= 0.3 is 6.09 Å². The number of ether oxygens (including phenoxy) is 1. The number of hydrogen-bond acceptors (Lipinski definition) is 5. The second-order valence-corrected chi connectivity index (χ2v) is 10.5. The van der Waals surface area contributed by atoms with Gasteiger partial charge in [-0.05, 0) is 52.7 Å². The standard InChI is InChI=1S/C21H31F2NO5S/c1-15-8-10-18(11-9-15)30(26,27)28-12-6-7-17-14-24(13-16(2)21(17,22)23)19(25)29-20(3,4)5/h8-11,16-17H,6-7,12-14H2,1-5H3/t16-,17+/m0/s1. The molecule has 170 valence electrons. The van der Waals surface area contributed by atoms with Gasteiger partial charge in [-0.25, -0.2) is 13.6 Å². The summed E-state index contributed by atoms with van der Waals surface area (Å²) in [5.74, 6) is -5.09. The Kier molecular flexibility index (Phi) is 7.50. The van der Waals surface area contributed by atoms with Crippen LogP contribution in [0.3, 0.4) is 0 Å². The van der Waals surface area contributed by atoms with Crippen molar-refractivity contribution in [2.24, 2.45) is 11.8 Å². The van der Waals surface area contributed by atoms with Gasteiger partial charge in [0.1, 0.15) is 5.60 Å². The maximum atomic E-state index is 14.7. The Hall–Kier alpha value is -1.74. The average molecular weight is 448 g/mol. The highest BCUT2D eigenvalue weighted by Crippen LogP contribution is 2.40. The summed E-state index contributed by atoms with van der Waals surface area (Å²) in [6.07, 6.45) is -0.464. The molecule has 0 aliphatic carbocycles. The molecule has 1 heterocycles. The van der Waals surface area contributed by atoms with E-state index in [1.165, 1.54) is 24.0 Å². The number of nitrogens with zero attached hydrogens (tertiary/aromatic N) is 1. The Balaban J connectivity index is 1.94. The van der Waals surface area contributed by atoms with Gasteiger partial charge in [-0.15, -0.1) is 0 Å². The molecule has 0 spiro atoms. The average Bonchev–Trinajstić information content (AvgIpc) is 2.61. The summed E-state index contributed by atoms with van der Waals surface area (Å²) < 4.78 is 64.1. The molecular formula is C21H31F2NO5S. The third kappa shape index (κ3) is 6.38. The van der Waals surface area contributed by atoms with Crippen LogP contribution in [0.1, 0.15) is 46.1 Å². The lowest BCUT2D eigenvalue weighted by Crippen LogP contribution is -2.55. The molecule has 6 nitrogen and oxygen atoms in total. The largest absolute Gasteiger partial charge is 0.444 e. The predicted molar refractivity (Wildman–Crippen MR) is 109 cm³/mol. The topological polar surface area (TPSA) is 72.9 Å². The number of piperidine rings is 1. The molecule has 1 amide bonds. The SMILES string of the molecule is Cc1ccc(S(=O)(=O)OCCC[C@@H]2CN(C(=O)OC(C)(C)C)C[C@H](C)C2(F)F)cc1. The molecule has 1 aromatic carbocycles. The number of carbonyl (C=O) groups is 1. The van der Waals surface area contributed by atoms with Crippen molar-refractivity contribution >= 4 is 16.2 Å². The number of benzene rings is 1. The van der Waals surface area contributed by atoms with Gasteiger partial charge in [-0.1, -0.05) is 24.6 Å². The minimum Gasteiger partial charge on any atom is -0.444 e. The number of aryl methyl sites for hydroxylation is 1. The van der Waals surface area contributed by atoms with Crippen LogP contribution in [0, 0.1) is 18.8 Å². The van der Waals surface area contributed by atoms with E-state index in [0.717, 1.165) is 5.56 Å². The van der Waals surface area contributed by atoms with E-state index in [4.69, 9.17) is 8.92 Å². The lowest BCUT2D eigenvalue weighted by Gasteiger charge is -2.42. The quantitative estimate of drug-likeness (QED) is 0.470. The number of amides is 1. The van der Waals surface area contributed by atoms with E-state index < -0.39 is 39.6 Å². The molecule has 0 aromatic heterocycles. The molecule has 2 atom stereocenters. The highest BCUT2D eigenvalue weighted by Gasteiger charge is 2.50. The van der Waals surface area contributed by atoms with E-state index in [1.54, 1.807) is 32.9 Å². The Labute approximate surface area is 177 Å². The number of likely N-dealkylation sites (tertiary alicyclic amines) is 1. The van der Waals surface area contributed by atoms with Crippen molar-refractivity contribution < 1.29 is 30.9 Å². The van der Waals surface area contributed by atoms with Crippen molar-refractivity contribution in [1.29, 1.82) is 0 Å². The normalized spacial score (nSPS) is 22.0. The van der Waals surface area contributed by atoms with Gasteiger partial charge in [0.05, 0.1) is 11.5 Å². The summed E-state index contributed by atoms with van der Waals surface area (Å²) in [5, 5.41) is 0. The van der Waals surface area contributed by atoms with E-state index in [9.17, 15) is 22.0 Å². The van der Waals surface area contributed by atoms with E-state index >= 15 is 0 Å². The fourth-order valence-corrected chi connectivity index (χ4v) is 4.29. The van der Waals surface area contributed by atoms with Gasteiger partial charge in [-0.2, -0.15) is 8.42 Å². The molecule has 0 bridgehead atoms.